The number of hydrogen-bond donors (Lipinski definition) is 1. The second kappa shape index (κ2) is 14.9. The van der Waals surface area contributed by atoms with Crippen LogP contribution in [0.25, 0.3) is 16.9 Å². The third-order valence-electron chi connectivity index (χ3n) is 4.11. The summed E-state index contributed by atoms with van der Waals surface area (Å²) < 4.78 is 11.4. The van der Waals surface area contributed by atoms with Gasteiger partial charge in [-0.3, -0.25) is 4.79 Å². The monoisotopic (exact) mass is 440 g/mol. The predicted octanol–water partition coefficient (Wildman–Crippen LogP) is 5.47. The molecule has 6 heteroatoms. The Labute approximate surface area is 191 Å². The van der Waals surface area contributed by atoms with Crippen LogP contribution in [0.4, 0.5) is 0 Å². The number of esters is 1. The molecule has 3 aromatic rings. The lowest BCUT2D eigenvalue weighted by Gasteiger charge is -2.09. The number of aliphatic hydroxyl groups excluding tert-OH is 1. The van der Waals surface area contributed by atoms with Crippen LogP contribution in [-0.4, -0.2) is 34.6 Å². The van der Waals surface area contributed by atoms with E-state index in [0.717, 1.165) is 22.5 Å². The number of benzene rings is 2. The molecule has 0 aliphatic carbocycles. The fourth-order valence-corrected chi connectivity index (χ4v) is 2.74. The quantitative estimate of drug-likeness (QED) is 0.514. The molecule has 0 amide bonds. The van der Waals surface area contributed by atoms with Crippen molar-refractivity contribution in [1.29, 1.82) is 0 Å². The van der Waals surface area contributed by atoms with Crippen LogP contribution in [0.3, 0.4) is 0 Å². The minimum Gasteiger partial charge on any atom is -0.466 e. The highest BCUT2D eigenvalue weighted by Crippen LogP contribution is 2.25. The Hall–Kier alpha value is -2.96. The fraction of sp³-hybridized carbons (Fsp3) is 0.385. The minimum absolute atomic E-state index is 0.0758. The first-order chi connectivity index (χ1) is 15.4. The van der Waals surface area contributed by atoms with Crippen molar-refractivity contribution >= 4 is 5.97 Å². The van der Waals surface area contributed by atoms with Gasteiger partial charge < -0.3 is 14.6 Å². The molecule has 0 aliphatic heterocycles. The Morgan fingerprint density at radius 1 is 1.03 bits per heavy atom. The van der Waals surface area contributed by atoms with E-state index in [1.165, 1.54) is 18.9 Å². The molecule has 0 atom stereocenters. The van der Waals surface area contributed by atoms with Crippen LogP contribution in [0.2, 0.25) is 0 Å². The topological polar surface area (TPSA) is 73.6 Å². The van der Waals surface area contributed by atoms with E-state index < -0.39 is 0 Å². The van der Waals surface area contributed by atoms with Crippen LogP contribution >= 0.6 is 0 Å². The number of hydrogen-bond acceptors (Lipinski definition) is 5. The van der Waals surface area contributed by atoms with Gasteiger partial charge in [-0.2, -0.15) is 5.10 Å². The van der Waals surface area contributed by atoms with Crippen LogP contribution in [0.5, 0.6) is 0 Å². The standard InChI is InChI=1S/C19H20N2O2.C4H8O2.C3H8/c1-14-3-7-16(8-4-14)19-11-17(12-22)20-21(19)18-9-5-15(6-10-18)13-23-2;1-3-6-4(2)5;1-3-2/h3-11,22H,12-13H2,1-2H3;3H2,1-2H3;3H2,1-2H3. The zero-order chi connectivity index (χ0) is 23.9. The van der Waals surface area contributed by atoms with Gasteiger partial charge in [0.15, 0.2) is 0 Å². The molecule has 1 heterocycles. The predicted molar refractivity (Wildman–Crippen MR) is 129 cm³/mol. The SMILES string of the molecule is CCC.CCOC(C)=O.COCc1ccc(-n2nc(CO)cc2-c2ccc(C)cc2)cc1. The first-order valence-electron chi connectivity index (χ1n) is 10.9. The Bertz CT molecular complexity index is 916. The van der Waals surface area contributed by atoms with Gasteiger partial charge in [0.1, 0.15) is 0 Å². The zero-order valence-corrected chi connectivity index (χ0v) is 20.1. The summed E-state index contributed by atoms with van der Waals surface area (Å²) in [4.78, 5) is 9.82. The summed E-state index contributed by atoms with van der Waals surface area (Å²) in [5.41, 5.74) is 5.98. The van der Waals surface area contributed by atoms with Gasteiger partial charge in [0.25, 0.3) is 0 Å². The molecule has 2 aromatic carbocycles. The fourth-order valence-electron chi connectivity index (χ4n) is 2.74. The maximum absolute atomic E-state index is 9.82. The number of methoxy groups -OCH3 is 1. The Morgan fingerprint density at radius 2 is 1.62 bits per heavy atom. The number of carbonyl (C=O) groups is 1. The van der Waals surface area contributed by atoms with E-state index in [4.69, 9.17) is 4.74 Å². The third-order valence-corrected chi connectivity index (χ3v) is 4.11. The lowest BCUT2D eigenvalue weighted by atomic mass is 10.1. The van der Waals surface area contributed by atoms with E-state index in [1.807, 2.05) is 35.0 Å². The molecule has 0 fully saturated rings. The molecule has 1 aromatic heterocycles. The Morgan fingerprint density at radius 3 is 2.06 bits per heavy atom. The van der Waals surface area contributed by atoms with Crippen LogP contribution in [-0.2, 0) is 27.5 Å². The highest BCUT2D eigenvalue weighted by molar-refractivity contribution is 5.65. The maximum Gasteiger partial charge on any atom is 0.302 e. The van der Waals surface area contributed by atoms with Crippen molar-refractivity contribution in [2.24, 2.45) is 0 Å². The summed E-state index contributed by atoms with van der Waals surface area (Å²) in [6.45, 7) is 10.5. The second-order valence-corrected chi connectivity index (χ2v) is 7.19. The number of rotatable bonds is 6. The van der Waals surface area contributed by atoms with Crippen molar-refractivity contribution in [3.8, 4) is 16.9 Å². The molecule has 32 heavy (non-hydrogen) atoms. The van der Waals surface area contributed by atoms with Crippen molar-refractivity contribution in [2.75, 3.05) is 13.7 Å². The number of aryl methyl sites for hydroxylation is 1. The molecular weight excluding hydrogens is 404 g/mol. The zero-order valence-electron chi connectivity index (χ0n) is 20.1. The molecule has 0 radical (unpaired) electrons. The van der Waals surface area contributed by atoms with Crippen molar-refractivity contribution in [3.05, 3.63) is 71.4 Å². The summed E-state index contributed by atoms with van der Waals surface area (Å²) in [6, 6.07) is 18.3. The van der Waals surface area contributed by atoms with Crippen LogP contribution in [0, 0.1) is 6.92 Å². The molecule has 3 rings (SSSR count). The number of aliphatic hydroxyl groups is 1. The third kappa shape index (κ3) is 9.04. The molecule has 1 N–H and O–H groups in total. The van der Waals surface area contributed by atoms with Crippen molar-refractivity contribution in [1.82, 2.24) is 9.78 Å². The highest BCUT2D eigenvalue weighted by Gasteiger charge is 2.11. The van der Waals surface area contributed by atoms with Gasteiger partial charge in [-0.05, 0) is 37.6 Å². The molecule has 0 aliphatic rings. The van der Waals surface area contributed by atoms with Gasteiger partial charge in [-0.15, -0.1) is 0 Å². The summed E-state index contributed by atoms with van der Waals surface area (Å²) in [5, 5.41) is 13.9. The summed E-state index contributed by atoms with van der Waals surface area (Å²) in [7, 11) is 1.68. The number of carbonyl (C=O) groups excluding carboxylic acids is 1. The molecule has 0 saturated carbocycles. The average molecular weight is 441 g/mol. The Kier molecular flexibility index (Phi) is 12.6. The van der Waals surface area contributed by atoms with Crippen LogP contribution in [0.15, 0.2) is 54.6 Å². The molecule has 0 unspecified atom stereocenters. The molecular formula is C26H36N2O4. The molecule has 0 bridgehead atoms. The van der Waals surface area contributed by atoms with Crippen LogP contribution < -0.4 is 0 Å². The molecule has 6 nitrogen and oxygen atoms in total. The van der Waals surface area contributed by atoms with E-state index >= 15 is 0 Å². The second-order valence-electron chi connectivity index (χ2n) is 7.19. The van der Waals surface area contributed by atoms with Crippen molar-refractivity contribution < 1.29 is 19.4 Å². The summed E-state index contributed by atoms with van der Waals surface area (Å²) in [6.07, 6.45) is 1.25. The number of aromatic nitrogens is 2. The summed E-state index contributed by atoms with van der Waals surface area (Å²) in [5.74, 6) is -0.211. The van der Waals surface area contributed by atoms with E-state index in [0.29, 0.717) is 18.9 Å². The molecule has 0 spiro atoms. The van der Waals surface area contributed by atoms with Gasteiger partial charge >= 0.3 is 5.97 Å². The Balaban J connectivity index is 0.000000486. The maximum atomic E-state index is 9.82. The van der Waals surface area contributed by atoms with E-state index in [2.05, 4.69) is 54.9 Å². The number of nitrogens with zero attached hydrogens (tertiary/aromatic N) is 2. The van der Waals surface area contributed by atoms with Crippen LogP contribution in [0.1, 0.15) is 50.9 Å². The van der Waals surface area contributed by atoms with E-state index in [-0.39, 0.29) is 12.6 Å². The summed E-state index contributed by atoms with van der Waals surface area (Å²) >= 11 is 0. The van der Waals surface area contributed by atoms with Gasteiger partial charge in [-0.1, -0.05) is 62.2 Å². The molecule has 0 saturated heterocycles. The van der Waals surface area contributed by atoms with Gasteiger partial charge in [0.2, 0.25) is 0 Å². The largest absolute Gasteiger partial charge is 0.466 e. The lowest BCUT2D eigenvalue weighted by molar-refractivity contribution is -0.140. The van der Waals surface area contributed by atoms with Gasteiger partial charge in [-0.25, -0.2) is 4.68 Å². The average Bonchev–Trinajstić information content (AvgIpc) is 3.20. The van der Waals surface area contributed by atoms with Crippen molar-refractivity contribution in [2.45, 2.75) is 54.3 Å². The minimum atomic E-state index is -0.211. The van der Waals surface area contributed by atoms with Crippen molar-refractivity contribution in [3.63, 3.8) is 0 Å². The van der Waals surface area contributed by atoms with E-state index in [1.54, 1.807) is 14.0 Å². The lowest BCUT2D eigenvalue weighted by Crippen LogP contribution is -2.00. The molecule has 174 valence electrons. The normalized spacial score (nSPS) is 9.84. The highest BCUT2D eigenvalue weighted by atomic mass is 16.5. The van der Waals surface area contributed by atoms with E-state index in [9.17, 15) is 9.90 Å². The first kappa shape index (κ1) is 27.1. The number of ether oxygens (including phenoxy) is 2. The van der Waals surface area contributed by atoms with Gasteiger partial charge in [0.05, 0.1) is 36.9 Å². The van der Waals surface area contributed by atoms with Gasteiger partial charge in [0, 0.05) is 19.6 Å². The smallest absolute Gasteiger partial charge is 0.302 e. The first-order valence-corrected chi connectivity index (χ1v) is 10.9.